The second-order valence-electron chi connectivity index (χ2n) is 5.88. The van der Waals surface area contributed by atoms with Crippen LogP contribution in [0.15, 0.2) is 48.5 Å². The topological polar surface area (TPSA) is 47.6 Å². The highest BCUT2D eigenvalue weighted by Crippen LogP contribution is 2.47. The number of ether oxygens (including phenoxy) is 2. The van der Waals surface area contributed by atoms with Crippen molar-refractivity contribution in [2.24, 2.45) is 5.92 Å². The Morgan fingerprint density at radius 2 is 1.96 bits per heavy atom. The van der Waals surface area contributed by atoms with Crippen LogP contribution in [-0.2, 0) is 16.1 Å². The molecule has 0 heterocycles. The molecule has 2 aromatic rings. The molecule has 24 heavy (non-hydrogen) atoms. The van der Waals surface area contributed by atoms with E-state index in [0.29, 0.717) is 11.6 Å². The summed E-state index contributed by atoms with van der Waals surface area (Å²) in [4.78, 5) is 12.3. The lowest BCUT2D eigenvalue weighted by atomic mass is 10.1. The summed E-state index contributed by atoms with van der Waals surface area (Å²) in [6.07, 6.45) is 0.882. The first-order valence-corrected chi connectivity index (χ1v) is 8.29. The van der Waals surface area contributed by atoms with Crippen molar-refractivity contribution in [3.05, 3.63) is 64.7 Å². The number of hydrogen-bond acceptors (Lipinski definition) is 3. The Hall–Kier alpha value is -2.04. The van der Waals surface area contributed by atoms with Crippen LogP contribution in [-0.4, -0.2) is 19.8 Å². The maximum atomic E-state index is 12.3. The Morgan fingerprint density at radius 1 is 1.21 bits per heavy atom. The van der Waals surface area contributed by atoms with Gasteiger partial charge in [0.15, 0.2) is 6.79 Å². The summed E-state index contributed by atoms with van der Waals surface area (Å²) in [5.41, 5.74) is 2.10. The van der Waals surface area contributed by atoms with Crippen LogP contribution in [0, 0.1) is 5.92 Å². The fraction of sp³-hybridized carbons (Fsp3) is 0.316. The average molecular weight is 346 g/mol. The van der Waals surface area contributed by atoms with Gasteiger partial charge in [-0.15, -0.1) is 0 Å². The lowest BCUT2D eigenvalue weighted by Gasteiger charge is -2.07. The molecule has 1 aliphatic rings. The monoisotopic (exact) mass is 345 g/mol. The van der Waals surface area contributed by atoms with Crippen LogP contribution in [0.1, 0.15) is 23.5 Å². The third-order valence-electron chi connectivity index (χ3n) is 4.19. The highest BCUT2D eigenvalue weighted by atomic mass is 35.5. The van der Waals surface area contributed by atoms with Gasteiger partial charge in [0.25, 0.3) is 0 Å². The Labute approximate surface area is 146 Å². The third kappa shape index (κ3) is 4.08. The van der Waals surface area contributed by atoms with Crippen LogP contribution in [0.25, 0.3) is 0 Å². The Kier molecular flexibility index (Phi) is 5.38. The fourth-order valence-electron chi connectivity index (χ4n) is 2.75. The van der Waals surface area contributed by atoms with Gasteiger partial charge in [0, 0.05) is 24.6 Å². The zero-order chi connectivity index (χ0) is 16.9. The molecule has 1 aliphatic carbocycles. The molecule has 126 valence electrons. The number of carbonyl (C=O) groups excluding carboxylic acids is 1. The molecule has 1 amide bonds. The molecule has 1 fully saturated rings. The molecule has 0 aromatic heterocycles. The SMILES string of the molecule is COCOc1ccc(C2CC2C(=O)NCc2ccccc2Cl)cc1. The van der Waals surface area contributed by atoms with Crippen molar-refractivity contribution in [2.75, 3.05) is 13.9 Å². The molecule has 0 bridgehead atoms. The van der Waals surface area contributed by atoms with Gasteiger partial charge in [-0.2, -0.15) is 0 Å². The molecule has 2 aromatic carbocycles. The van der Waals surface area contributed by atoms with Crippen molar-refractivity contribution in [1.82, 2.24) is 5.32 Å². The number of carbonyl (C=O) groups is 1. The quantitative estimate of drug-likeness (QED) is 0.777. The summed E-state index contributed by atoms with van der Waals surface area (Å²) in [5.74, 6) is 1.17. The maximum Gasteiger partial charge on any atom is 0.224 e. The van der Waals surface area contributed by atoms with Gasteiger partial charge < -0.3 is 14.8 Å². The summed E-state index contributed by atoms with van der Waals surface area (Å²) < 4.78 is 10.2. The van der Waals surface area contributed by atoms with E-state index >= 15 is 0 Å². The summed E-state index contributed by atoms with van der Waals surface area (Å²) in [7, 11) is 1.59. The first-order valence-electron chi connectivity index (χ1n) is 7.92. The number of nitrogens with one attached hydrogen (secondary N) is 1. The van der Waals surface area contributed by atoms with E-state index in [1.54, 1.807) is 7.11 Å². The second kappa shape index (κ2) is 7.69. The zero-order valence-electron chi connectivity index (χ0n) is 13.5. The summed E-state index contributed by atoms with van der Waals surface area (Å²) in [6.45, 7) is 0.696. The molecule has 3 rings (SSSR count). The van der Waals surface area contributed by atoms with Crippen LogP contribution >= 0.6 is 11.6 Å². The lowest BCUT2D eigenvalue weighted by Crippen LogP contribution is -2.25. The molecule has 1 saturated carbocycles. The second-order valence-corrected chi connectivity index (χ2v) is 6.29. The predicted octanol–water partition coefficient (Wildman–Crippen LogP) is 3.74. The van der Waals surface area contributed by atoms with Gasteiger partial charge in [-0.05, 0) is 41.7 Å². The van der Waals surface area contributed by atoms with E-state index in [1.807, 2.05) is 48.5 Å². The van der Waals surface area contributed by atoms with Gasteiger partial charge in [0.1, 0.15) is 5.75 Å². The molecular weight excluding hydrogens is 326 g/mol. The maximum absolute atomic E-state index is 12.3. The van der Waals surface area contributed by atoms with Gasteiger partial charge in [-0.25, -0.2) is 0 Å². The minimum atomic E-state index is 0.0400. The Bertz CT molecular complexity index is 702. The van der Waals surface area contributed by atoms with Gasteiger partial charge in [-0.1, -0.05) is 41.9 Å². The van der Waals surface area contributed by atoms with E-state index in [2.05, 4.69) is 5.32 Å². The van der Waals surface area contributed by atoms with E-state index in [9.17, 15) is 4.79 Å². The van der Waals surface area contributed by atoms with E-state index < -0.39 is 0 Å². The summed E-state index contributed by atoms with van der Waals surface area (Å²) >= 11 is 6.11. The van der Waals surface area contributed by atoms with Crippen molar-refractivity contribution < 1.29 is 14.3 Å². The van der Waals surface area contributed by atoms with Gasteiger partial charge >= 0.3 is 0 Å². The molecule has 0 spiro atoms. The van der Waals surface area contributed by atoms with Crippen molar-refractivity contribution in [1.29, 1.82) is 0 Å². The highest BCUT2D eigenvalue weighted by Gasteiger charge is 2.43. The lowest BCUT2D eigenvalue weighted by molar-refractivity contribution is -0.122. The Balaban J connectivity index is 1.51. The van der Waals surface area contributed by atoms with E-state index in [-0.39, 0.29) is 24.5 Å². The minimum absolute atomic E-state index is 0.0400. The summed E-state index contributed by atoms with van der Waals surface area (Å²) in [6, 6.07) is 15.4. The molecule has 2 unspecified atom stereocenters. The van der Waals surface area contributed by atoms with Crippen molar-refractivity contribution >= 4 is 17.5 Å². The van der Waals surface area contributed by atoms with Crippen LogP contribution in [0.4, 0.5) is 0 Å². The number of hydrogen-bond donors (Lipinski definition) is 1. The normalized spacial score (nSPS) is 18.9. The average Bonchev–Trinajstić information content (AvgIpc) is 3.40. The number of amides is 1. The van der Waals surface area contributed by atoms with Crippen LogP contribution < -0.4 is 10.1 Å². The fourth-order valence-corrected chi connectivity index (χ4v) is 2.95. The zero-order valence-corrected chi connectivity index (χ0v) is 14.3. The molecule has 5 heteroatoms. The summed E-state index contributed by atoms with van der Waals surface area (Å²) in [5, 5.41) is 3.65. The van der Waals surface area contributed by atoms with E-state index in [0.717, 1.165) is 23.3 Å². The Morgan fingerprint density at radius 3 is 2.67 bits per heavy atom. The molecule has 0 radical (unpaired) electrons. The van der Waals surface area contributed by atoms with Gasteiger partial charge in [0.05, 0.1) is 0 Å². The van der Waals surface area contributed by atoms with Gasteiger partial charge in [-0.3, -0.25) is 4.79 Å². The highest BCUT2D eigenvalue weighted by molar-refractivity contribution is 6.31. The molecule has 0 aliphatic heterocycles. The van der Waals surface area contributed by atoms with Gasteiger partial charge in [0.2, 0.25) is 5.91 Å². The predicted molar refractivity (Wildman–Crippen MR) is 93.1 cm³/mol. The number of rotatable bonds is 7. The third-order valence-corrected chi connectivity index (χ3v) is 4.56. The van der Waals surface area contributed by atoms with Crippen molar-refractivity contribution in [3.63, 3.8) is 0 Å². The molecule has 4 nitrogen and oxygen atoms in total. The first kappa shape index (κ1) is 16.8. The number of halogens is 1. The minimum Gasteiger partial charge on any atom is -0.468 e. The number of methoxy groups -OCH3 is 1. The molecule has 1 N–H and O–H groups in total. The molecule has 0 saturated heterocycles. The first-order chi connectivity index (χ1) is 11.7. The van der Waals surface area contributed by atoms with Crippen LogP contribution in [0.3, 0.4) is 0 Å². The largest absolute Gasteiger partial charge is 0.468 e. The van der Waals surface area contributed by atoms with E-state index in [4.69, 9.17) is 21.1 Å². The van der Waals surface area contributed by atoms with Crippen molar-refractivity contribution in [3.8, 4) is 5.75 Å². The smallest absolute Gasteiger partial charge is 0.224 e. The molecule has 2 atom stereocenters. The van der Waals surface area contributed by atoms with E-state index in [1.165, 1.54) is 0 Å². The van der Waals surface area contributed by atoms with Crippen molar-refractivity contribution in [2.45, 2.75) is 18.9 Å². The van der Waals surface area contributed by atoms with Crippen LogP contribution in [0.5, 0.6) is 5.75 Å². The number of benzene rings is 2. The molecular formula is C19H20ClNO3. The standard InChI is InChI=1S/C19H20ClNO3/c1-23-12-24-15-8-6-13(7-9-15)16-10-17(16)19(22)21-11-14-4-2-3-5-18(14)20/h2-9,16-17H,10-12H2,1H3,(H,21,22). The van der Waals surface area contributed by atoms with Crippen LogP contribution in [0.2, 0.25) is 5.02 Å².